The molecule has 0 fully saturated rings. The van der Waals surface area contributed by atoms with Crippen molar-refractivity contribution < 1.29 is 0 Å². The summed E-state index contributed by atoms with van der Waals surface area (Å²) in [6.45, 7) is 3.02. The number of hydrogen-bond donors (Lipinski definition) is 0. The summed E-state index contributed by atoms with van der Waals surface area (Å²) in [5, 5.41) is 13.4. The summed E-state index contributed by atoms with van der Waals surface area (Å²) >= 11 is 0. The van der Waals surface area contributed by atoms with E-state index in [0.29, 0.717) is 0 Å². The zero-order valence-electron chi connectivity index (χ0n) is 14.8. The molecule has 25 heavy (non-hydrogen) atoms. The molecule has 1 unspecified atom stereocenters. The molecule has 132 valence electrons. The monoisotopic (exact) mass is 340 g/mol. The molecule has 0 aliphatic carbocycles. The Morgan fingerprint density at radius 1 is 1.24 bits per heavy atom. The van der Waals surface area contributed by atoms with Crippen molar-refractivity contribution in [2.75, 3.05) is 0 Å². The van der Waals surface area contributed by atoms with Gasteiger partial charge in [0.15, 0.2) is 11.6 Å². The largest absolute Gasteiger partial charge is 0.251 e. The van der Waals surface area contributed by atoms with Crippen molar-refractivity contribution in [3.63, 3.8) is 0 Å². The predicted molar refractivity (Wildman–Crippen MR) is 92.4 cm³/mol. The first-order valence-electron chi connectivity index (χ1n) is 9.07. The standard InChI is InChI=1S/C17H24N8/c1-3-4-5-6-14-21-17(25(22-14)16-9-10-19-23(16)2)13-7-8-15-18-12-20-24(15)11-13/h9-10,12-13H,3-8,11H2,1-2H3. The van der Waals surface area contributed by atoms with Crippen LogP contribution < -0.4 is 0 Å². The topological polar surface area (TPSA) is 79.2 Å². The van der Waals surface area contributed by atoms with Crippen LogP contribution in [0.4, 0.5) is 0 Å². The molecule has 0 radical (unpaired) electrons. The molecule has 1 aliphatic rings. The van der Waals surface area contributed by atoms with Crippen molar-refractivity contribution in [3.05, 3.63) is 36.1 Å². The van der Waals surface area contributed by atoms with Gasteiger partial charge in [-0.25, -0.2) is 14.6 Å². The summed E-state index contributed by atoms with van der Waals surface area (Å²) in [6, 6.07) is 1.98. The van der Waals surface area contributed by atoms with Crippen LogP contribution in [0, 0.1) is 0 Å². The molecule has 4 heterocycles. The summed E-state index contributed by atoms with van der Waals surface area (Å²) < 4.78 is 5.81. The molecule has 3 aromatic heterocycles. The number of rotatable bonds is 6. The number of aryl methyl sites for hydroxylation is 3. The molecule has 0 bridgehead atoms. The Hall–Kier alpha value is -2.51. The summed E-state index contributed by atoms with van der Waals surface area (Å²) in [5.41, 5.74) is 0. The third-order valence-corrected chi connectivity index (χ3v) is 4.86. The third-order valence-electron chi connectivity index (χ3n) is 4.86. The average Bonchev–Trinajstić information content (AvgIpc) is 3.33. The molecular weight excluding hydrogens is 316 g/mol. The Bertz CT molecular complexity index is 843. The van der Waals surface area contributed by atoms with Gasteiger partial charge in [-0.05, 0) is 12.8 Å². The van der Waals surface area contributed by atoms with Crippen LogP contribution in [-0.2, 0) is 26.4 Å². The number of unbranched alkanes of at least 4 members (excludes halogenated alkanes) is 2. The minimum atomic E-state index is 0.288. The van der Waals surface area contributed by atoms with Crippen molar-refractivity contribution >= 4 is 0 Å². The van der Waals surface area contributed by atoms with Crippen LogP contribution in [0.5, 0.6) is 0 Å². The van der Waals surface area contributed by atoms with Gasteiger partial charge in [0.1, 0.15) is 18.0 Å². The zero-order valence-corrected chi connectivity index (χ0v) is 14.8. The van der Waals surface area contributed by atoms with E-state index in [1.165, 1.54) is 12.8 Å². The minimum Gasteiger partial charge on any atom is -0.251 e. The molecule has 0 amide bonds. The lowest BCUT2D eigenvalue weighted by Gasteiger charge is -2.22. The summed E-state index contributed by atoms with van der Waals surface area (Å²) in [4.78, 5) is 9.23. The summed E-state index contributed by atoms with van der Waals surface area (Å²) in [7, 11) is 1.94. The number of fused-ring (bicyclic) bond motifs is 1. The zero-order chi connectivity index (χ0) is 17.2. The summed E-state index contributed by atoms with van der Waals surface area (Å²) in [6.07, 6.45) is 9.84. The van der Waals surface area contributed by atoms with Crippen LogP contribution in [0.15, 0.2) is 18.6 Å². The SMILES string of the molecule is CCCCCc1nc(C2CCc3ncnn3C2)n(-c2ccnn2C)n1. The van der Waals surface area contributed by atoms with Crippen LogP contribution in [0.25, 0.3) is 5.82 Å². The Balaban J connectivity index is 1.66. The van der Waals surface area contributed by atoms with Gasteiger partial charge in [-0.3, -0.25) is 4.68 Å². The minimum absolute atomic E-state index is 0.288. The Morgan fingerprint density at radius 2 is 2.16 bits per heavy atom. The molecule has 3 aromatic rings. The van der Waals surface area contributed by atoms with Crippen molar-refractivity contribution in [1.29, 1.82) is 0 Å². The first kappa shape index (κ1) is 16.0. The van der Waals surface area contributed by atoms with E-state index < -0.39 is 0 Å². The van der Waals surface area contributed by atoms with E-state index in [9.17, 15) is 0 Å². The van der Waals surface area contributed by atoms with Gasteiger partial charge < -0.3 is 0 Å². The highest BCUT2D eigenvalue weighted by Crippen LogP contribution is 2.28. The second-order valence-corrected chi connectivity index (χ2v) is 6.66. The second-order valence-electron chi connectivity index (χ2n) is 6.66. The van der Waals surface area contributed by atoms with Crippen molar-refractivity contribution in [2.24, 2.45) is 7.05 Å². The maximum Gasteiger partial charge on any atom is 0.153 e. The van der Waals surface area contributed by atoms with Gasteiger partial charge in [0, 0.05) is 31.9 Å². The molecule has 0 saturated heterocycles. The predicted octanol–water partition coefficient (Wildman–Crippen LogP) is 2.05. The van der Waals surface area contributed by atoms with Gasteiger partial charge in [-0.15, -0.1) is 5.10 Å². The molecule has 0 aromatic carbocycles. The van der Waals surface area contributed by atoms with E-state index in [1.807, 2.05) is 27.2 Å². The van der Waals surface area contributed by atoms with Crippen LogP contribution in [0.3, 0.4) is 0 Å². The van der Waals surface area contributed by atoms with E-state index in [2.05, 4.69) is 22.1 Å². The van der Waals surface area contributed by atoms with Gasteiger partial charge in [0.25, 0.3) is 0 Å². The van der Waals surface area contributed by atoms with E-state index in [0.717, 1.165) is 55.5 Å². The highest BCUT2D eigenvalue weighted by atomic mass is 15.4. The van der Waals surface area contributed by atoms with Gasteiger partial charge >= 0.3 is 0 Å². The quantitative estimate of drug-likeness (QED) is 0.642. The molecule has 8 nitrogen and oxygen atoms in total. The molecule has 0 spiro atoms. The highest BCUT2D eigenvalue weighted by Gasteiger charge is 2.27. The van der Waals surface area contributed by atoms with Gasteiger partial charge in [0.05, 0.1) is 12.7 Å². The Morgan fingerprint density at radius 3 is 2.96 bits per heavy atom. The van der Waals surface area contributed by atoms with Gasteiger partial charge in [-0.2, -0.15) is 14.9 Å². The van der Waals surface area contributed by atoms with E-state index in [-0.39, 0.29) is 5.92 Å². The molecule has 8 heteroatoms. The fourth-order valence-corrected chi connectivity index (χ4v) is 3.46. The maximum absolute atomic E-state index is 4.91. The van der Waals surface area contributed by atoms with Crippen LogP contribution in [-0.4, -0.2) is 39.3 Å². The average molecular weight is 340 g/mol. The number of hydrogen-bond acceptors (Lipinski definition) is 5. The molecule has 1 atom stereocenters. The lowest BCUT2D eigenvalue weighted by molar-refractivity contribution is 0.403. The van der Waals surface area contributed by atoms with Crippen LogP contribution in [0.2, 0.25) is 0 Å². The normalized spacial score (nSPS) is 17.0. The van der Waals surface area contributed by atoms with E-state index >= 15 is 0 Å². The van der Waals surface area contributed by atoms with Crippen LogP contribution in [0.1, 0.15) is 56.0 Å². The number of aromatic nitrogens is 8. The first-order valence-corrected chi connectivity index (χ1v) is 9.07. The number of nitrogens with zero attached hydrogens (tertiary/aromatic N) is 8. The fourth-order valence-electron chi connectivity index (χ4n) is 3.46. The smallest absolute Gasteiger partial charge is 0.153 e. The summed E-state index contributed by atoms with van der Waals surface area (Å²) in [5.74, 6) is 4.24. The Labute approximate surface area is 146 Å². The molecule has 4 rings (SSSR count). The fraction of sp³-hybridized carbons (Fsp3) is 0.588. The second kappa shape index (κ2) is 6.78. The van der Waals surface area contributed by atoms with Crippen molar-refractivity contribution in [3.8, 4) is 5.82 Å². The van der Waals surface area contributed by atoms with Crippen LogP contribution >= 0.6 is 0 Å². The van der Waals surface area contributed by atoms with Gasteiger partial charge in [-0.1, -0.05) is 19.8 Å². The molecular formula is C17H24N8. The molecule has 1 aliphatic heterocycles. The maximum atomic E-state index is 4.91. The lowest BCUT2D eigenvalue weighted by atomic mass is 9.99. The highest BCUT2D eigenvalue weighted by molar-refractivity contribution is 5.23. The van der Waals surface area contributed by atoms with Crippen molar-refractivity contribution in [2.45, 2.75) is 57.9 Å². The third kappa shape index (κ3) is 3.08. The van der Waals surface area contributed by atoms with Gasteiger partial charge in [0.2, 0.25) is 0 Å². The lowest BCUT2D eigenvalue weighted by Crippen LogP contribution is -2.23. The molecule has 0 N–H and O–H groups in total. The van der Waals surface area contributed by atoms with Crippen molar-refractivity contribution in [1.82, 2.24) is 39.3 Å². The Kier molecular flexibility index (Phi) is 4.33. The first-order chi connectivity index (χ1) is 12.3. The van der Waals surface area contributed by atoms with E-state index in [4.69, 9.17) is 10.1 Å². The van der Waals surface area contributed by atoms with E-state index in [1.54, 1.807) is 12.5 Å². The molecule has 0 saturated carbocycles.